The number of carbonyl (C=O) groups excluding carboxylic acids is 1. The fourth-order valence-corrected chi connectivity index (χ4v) is 3.61. The van der Waals surface area contributed by atoms with Crippen LogP contribution in [-0.2, 0) is 11.8 Å². The summed E-state index contributed by atoms with van der Waals surface area (Å²) in [5.74, 6) is 1.30. The number of hydrogen-bond donors (Lipinski definition) is 1. The van der Waals surface area contributed by atoms with Crippen molar-refractivity contribution < 1.29 is 9.53 Å². The van der Waals surface area contributed by atoms with Crippen LogP contribution in [0.4, 0.5) is 5.82 Å². The molecule has 26 heavy (non-hydrogen) atoms. The standard InChI is InChI=1S/C18H24N6O2/c1-12-15(10-23(2)22-12)18(25)21-14-7-13(8-14)16-9-17(20-11-19-16)24-3-5-26-6-4-24/h9-11,13-14H,3-8H2,1-2H3,(H,21,25). The summed E-state index contributed by atoms with van der Waals surface area (Å²) in [6.07, 6.45) is 5.22. The molecule has 4 rings (SSSR count). The monoisotopic (exact) mass is 356 g/mol. The Hall–Kier alpha value is -2.48. The zero-order chi connectivity index (χ0) is 18.1. The number of ether oxygens (including phenoxy) is 1. The van der Waals surface area contributed by atoms with Gasteiger partial charge in [-0.25, -0.2) is 9.97 Å². The molecule has 0 aromatic carbocycles. The molecule has 138 valence electrons. The van der Waals surface area contributed by atoms with Crippen LogP contribution >= 0.6 is 0 Å². The van der Waals surface area contributed by atoms with Gasteiger partial charge in [0, 0.05) is 50.1 Å². The lowest BCUT2D eigenvalue weighted by molar-refractivity contribution is 0.0907. The van der Waals surface area contributed by atoms with E-state index in [1.807, 2.05) is 14.0 Å². The maximum absolute atomic E-state index is 12.4. The Bertz CT molecular complexity index is 793. The zero-order valence-corrected chi connectivity index (χ0v) is 15.2. The minimum atomic E-state index is -0.0456. The molecule has 2 fully saturated rings. The third-order valence-electron chi connectivity index (χ3n) is 5.16. The summed E-state index contributed by atoms with van der Waals surface area (Å²) in [5, 5.41) is 7.33. The van der Waals surface area contributed by atoms with E-state index in [1.54, 1.807) is 17.2 Å². The summed E-state index contributed by atoms with van der Waals surface area (Å²) < 4.78 is 7.07. The Kier molecular flexibility index (Phi) is 4.58. The van der Waals surface area contributed by atoms with Gasteiger partial charge in [-0.15, -0.1) is 0 Å². The molecule has 2 aliphatic rings. The second-order valence-electron chi connectivity index (χ2n) is 7.04. The van der Waals surface area contributed by atoms with E-state index in [2.05, 4.69) is 31.3 Å². The molecular formula is C18H24N6O2. The van der Waals surface area contributed by atoms with Crippen molar-refractivity contribution in [2.75, 3.05) is 31.2 Å². The molecule has 8 nitrogen and oxygen atoms in total. The predicted molar refractivity (Wildman–Crippen MR) is 96.2 cm³/mol. The quantitative estimate of drug-likeness (QED) is 0.881. The highest BCUT2D eigenvalue weighted by atomic mass is 16.5. The average Bonchev–Trinajstić information content (AvgIpc) is 2.97. The molecule has 1 saturated heterocycles. The highest BCUT2D eigenvalue weighted by Gasteiger charge is 2.33. The van der Waals surface area contributed by atoms with Crippen molar-refractivity contribution in [2.24, 2.45) is 7.05 Å². The number of aryl methyl sites for hydroxylation is 2. The van der Waals surface area contributed by atoms with Crippen LogP contribution < -0.4 is 10.2 Å². The molecule has 0 atom stereocenters. The lowest BCUT2D eigenvalue weighted by Crippen LogP contribution is -2.43. The van der Waals surface area contributed by atoms with Crippen LogP contribution in [0.5, 0.6) is 0 Å². The second kappa shape index (κ2) is 7.03. The van der Waals surface area contributed by atoms with Crippen LogP contribution in [0, 0.1) is 6.92 Å². The predicted octanol–water partition coefficient (Wildman–Crippen LogP) is 1.03. The molecule has 1 N–H and O–H groups in total. The van der Waals surface area contributed by atoms with Crippen molar-refractivity contribution in [2.45, 2.75) is 31.7 Å². The normalized spacial score (nSPS) is 22.8. The molecule has 1 amide bonds. The second-order valence-corrected chi connectivity index (χ2v) is 7.04. The molecule has 0 unspecified atom stereocenters. The number of amides is 1. The Morgan fingerprint density at radius 2 is 2.04 bits per heavy atom. The molecule has 1 saturated carbocycles. The number of hydrogen-bond acceptors (Lipinski definition) is 6. The fourth-order valence-electron chi connectivity index (χ4n) is 3.61. The van der Waals surface area contributed by atoms with E-state index in [1.165, 1.54) is 0 Å². The molecular weight excluding hydrogens is 332 g/mol. The van der Waals surface area contributed by atoms with E-state index in [4.69, 9.17) is 4.74 Å². The summed E-state index contributed by atoms with van der Waals surface area (Å²) in [5.41, 5.74) is 2.46. The van der Waals surface area contributed by atoms with Gasteiger partial charge in [-0.1, -0.05) is 0 Å². The van der Waals surface area contributed by atoms with Crippen LogP contribution in [0.15, 0.2) is 18.6 Å². The summed E-state index contributed by atoms with van der Waals surface area (Å²) in [6.45, 7) is 5.07. The van der Waals surface area contributed by atoms with Crippen LogP contribution in [0.2, 0.25) is 0 Å². The smallest absolute Gasteiger partial charge is 0.254 e. The number of anilines is 1. The highest BCUT2D eigenvalue weighted by molar-refractivity contribution is 5.95. The Morgan fingerprint density at radius 1 is 1.27 bits per heavy atom. The summed E-state index contributed by atoms with van der Waals surface area (Å²) in [4.78, 5) is 23.5. The molecule has 0 bridgehead atoms. The van der Waals surface area contributed by atoms with Crippen molar-refractivity contribution in [1.29, 1.82) is 0 Å². The van der Waals surface area contributed by atoms with Gasteiger partial charge in [-0.3, -0.25) is 9.48 Å². The lowest BCUT2D eigenvalue weighted by atomic mass is 9.78. The van der Waals surface area contributed by atoms with Crippen LogP contribution in [0.25, 0.3) is 0 Å². The minimum absolute atomic E-state index is 0.0456. The van der Waals surface area contributed by atoms with E-state index >= 15 is 0 Å². The first-order valence-corrected chi connectivity index (χ1v) is 9.06. The van der Waals surface area contributed by atoms with Crippen molar-refractivity contribution in [3.05, 3.63) is 35.5 Å². The SMILES string of the molecule is Cc1nn(C)cc1C(=O)NC1CC(c2cc(N3CCOCC3)ncn2)C1. The third kappa shape index (κ3) is 3.41. The van der Waals surface area contributed by atoms with Crippen molar-refractivity contribution in [3.63, 3.8) is 0 Å². The number of aromatic nitrogens is 4. The van der Waals surface area contributed by atoms with E-state index in [0.29, 0.717) is 11.5 Å². The molecule has 0 radical (unpaired) electrons. The molecule has 1 aliphatic heterocycles. The number of rotatable bonds is 4. The first kappa shape index (κ1) is 17.0. The van der Waals surface area contributed by atoms with Gasteiger partial charge in [-0.2, -0.15) is 5.10 Å². The minimum Gasteiger partial charge on any atom is -0.378 e. The Balaban J connectivity index is 1.34. The van der Waals surface area contributed by atoms with Gasteiger partial charge >= 0.3 is 0 Å². The molecule has 8 heteroatoms. The Morgan fingerprint density at radius 3 is 2.73 bits per heavy atom. The van der Waals surface area contributed by atoms with E-state index in [9.17, 15) is 4.79 Å². The van der Waals surface area contributed by atoms with Crippen LogP contribution in [0.3, 0.4) is 0 Å². The van der Waals surface area contributed by atoms with Gasteiger partial charge < -0.3 is 15.0 Å². The van der Waals surface area contributed by atoms with Gasteiger partial charge in [0.2, 0.25) is 0 Å². The van der Waals surface area contributed by atoms with Crippen LogP contribution in [-0.4, -0.2) is 58.0 Å². The molecule has 1 aliphatic carbocycles. The molecule has 3 heterocycles. The lowest BCUT2D eigenvalue weighted by Gasteiger charge is -2.36. The van der Waals surface area contributed by atoms with Crippen LogP contribution in [0.1, 0.15) is 40.5 Å². The van der Waals surface area contributed by atoms with Gasteiger partial charge in [0.15, 0.2) is 0 Å². The topological polar surface area (TPSA) is 85.2 Å². The molecule has 2 aromatic heterocycles. The zero-order valence-electron chi connectivity index (χ0n) is 15.2. The summed E-state index contributed by atoms with van der Waals surface area (Å²) >= 11 is 0. The maximum Gasteiger partial charge on any atom is 0.254 e. The number of morpholine rings is 1. The summed E-state index contributed by atoms with van der Waals surface area (Å²) in [6, 6.07) is 2.27. The van der Waals surface area contributed by atoms with Gasteiger partial charge in [0.25, 0.3) is 5.91 Å². The fraction of sp³-hybridized carbons (Fsp3) is 0.556. The third-order valence-corrected chi connectivity index (χ3v) is 5.16. The van der Waals surface area contributed by atoms with E-state index in [0.717, 1.165) is 56.4 Å². The van der Waals surface area contributed by atoms with E-state index in [-0.39, 0.29) is 11.9 Å². The van der Waals surface area contributed by atoms with Gasteiger partial charge in [-0.05, 0) is 19.8 Å². The van der Waals surface area contributed by atoms with Gasteiger partial charge in [0.05, 0.1) is 24.5 Å². The van der Waals surface area contributed by atoms with Crippen molar-refractivity contribution >= 4 is 11.7 Å². The average molecular weight is 356 g/mol. The number of carbonyl (C=O) groups is 1. The first-order chi connectivity index (χ1) is 12.6. The number of nitrogens with one attached hydrogen (secondary N) is 1. The largest absolute Gasteiger partial charge is 0.378 e. The summed E-state index contributed by atoms with van der Waals surface area (Å²) in [7, 11) is 1.82. The van der Waals surface area contributed by atoms with Gasteiger partial charge in [0.1, 0.15) is 12.1 Å². The van der Waals surface area contributed by atoms with E-state index < -0.39 is 0 Å². The van der Waals surface area contributed by atoms with Crippen molar-refractivity contribution in [1.82, 2.24) is 25.1 Å². The van der Waals surface area contributed by atoms with Crippen molar-refractivity contribution in [3.8, 4) is 0 Å². The number of nitrogens with zero attached hydrogens (tertiary/aromatic N) is 5. The molecule has 2 aromatic rings. The first-order valence-electron chi connectivity index (χ1n) is 9.06. The molecule has 0 spiro atoms. The maximum atomic E-state index is 12.4. The highest BCUT2D eigenvalue weighted by Crippen LogP contribution is 2.36. The Labute approximate surface area is 152 Å².